The average Bonchev–Trinajstić information content (AvgIpc) is 1.96. The van der Waals surface area contributed by atoms with Gasteiger partial charge in [-0.05, 0) is 38.5 Å². The van der Waals surface area contributed by atoms with E-state index in [9.17, 15) is 10.2 Å². The summed E-state index contributed by atoms with van der Waals surface area (Å²) in [7, 11) is 0. The fraction of sp³-hybridized carbons (Fsp3) is 0.400. The summed E-state index contributed by atoms with van der Waals surface area (Å²) in [6, 6.07) is 3.11. The third-order valence-electron chi connectivity index (χ3n) is 1.55. The molecule has 0 fully saturated rings. The van der Waals surface area contributed by atoms with Crippen LogP contribution in [-0.2, 0) is 0 Å². The molecule has 0 spiro atoms. The minimum absolute atomic E-state index is 0.0220. The van der Waals surface area contributed by atoms with Crippen LogP contribution >= 0.6 is 0 Å². The first kappa shape index (κ1) is 9.71. The molecule has 1 aromatic rings. The maximum atomic E-state index is 9.44. The van der Waals surface area contributed by atoms with Crippen molar-refractivity contribution in [3.05, 3.63) is 17.7 Å². The SMILES string of the molecule is Cc1cc(O)c(OC(C)C)c(O)c1. The molecule has 72 valence electrons. The lowest BCUT2D eigenvalue weighted by molar-refractivity contribution is 0.221. The Bertz CT molecular complexity index is 282. The Morgan fingerprint density at radius 1 is 1.15 bits per heavy atom. The number of rotatable bonds is 2. The Morgan fingerprint density at radius 3 is 2.00 bits per heavy atom. The van der Waals surface area contributed by atoms with Gasteiger partial charge >= 0.3 is 0 Å². The van der Waals surface area contributed by atoms with E-state index in [0.29, 0.717) is 0 Å². The van der Waals surface area contributed by atoms with E-state index in [0.717, 1.165) is 5.56 Å². The van der Waals surface area contributed by atoms with E-state index in [1.165, 1.54) is 0 Å². The second-order valence-electron chi connectivity index (χ2n) is 3.30. The Morgan fingerprint density at radius 2 is 1.62 bits per heavy atom. The van der Waals surface area contributed by atoms with Gasteiger partial charge in [0.2, 0.25) is 5.75 Å². The van der Waals surface area contributed by atoms with E-state index in [-0.39, 0.29) is 23.4 Å². The molecule has 0 aliphatic carbocycles. The maximum Gasteiger partial charge on any atom is 0.203 e. The van der Waals surface area contributed by atoms with Crippen LogP contribution < -0.4 is 4.74 Å². The molecule has 1 aromatic carbocycles. The minimum Gasteiger partial charge on any atom is -0.504 e. The standard InChI is InChI=1S/C10H14O3/c1-6(2)13-10-8(11)4-7(3)5-9(10)12/h4-6,11-12H,1-3H3. The lowest BCUT2D eigenvalue weighted by Crippen LogP contribution is -2.05. The van der Waals surface area contributed by atoms with Crippen molar-refractivity contribution in [1.29, 1.82) is 0 Å². The summed E-state index contributed by atoms with van der Waals surface area (Å²) >= 11 is 0. The zero-order valence-corrected chi connectivity index (χ0v) is 8.03. The van der Waals surface area contributed by atoms with E-state index in [1.807, 2.05) is 13.8 Å². The van der Waals surface area contributed by atoms with Crippen molar-refractivity contribution in [2.24, 2.45) is 0 Å². The fourth-order valence-corrected chi connectivity index (χ4v) is 1.09. The Kier molecular flexibility index (Phi) is 2.66. The summed E-state index contributed by atoms with van der Waals surface area (Å²) in [5, 5.41) is 18.9. The number of phenols is 2. The van der Waals surface area contributed by atoms with Crippen molar-refractivity contribution in [3.8, 4) is 17.2 Å². The van der Waals surface area contributed by atoms with E-state index < -0.39 is 0 Å². The molecule has 1 rings (SSSR count). The molecule has 0 aromatic heterocycles. The van der Waals surface area contributed by atoms with Crippen LogP contribution in [0.25, 0.3) is 0 Å². The molecule has 0 saturated heterocycles. The van der Waals surface area contributed by atoms with Crippen molar-refractivity contribution >= 4 is 0 Å². The smallest absolute Gasteiger partial charge is 0.203 e. The monoisotopic (exact) mass is 182 g/mol. The average molecular weight is 182 g/mol. The quantitative estimate of drug-likeness (QED) is 0.737. The van der Waals surface area contributed by atoms with Crippen LogP contribution in [-0.4, -0.2) is 16.3 Å². The van der Waals surface area contributed by atoms with Crippen LogP contribution in [0.2, 0.25) is 0 Å². The van der Waals surface area contributed by atoms with Crippen LogP contribution in [0.4, 0.5) is 0 Å². The predicted molar refractivity (Wildman–Crippen MR) is 50.3 cm³/mol. The number of ether oxygens (including phenoxy) is 1. The fourth-order valence-electron chi connectivity index (χ4n) is 1.09. The first-order chi connectivity index (χ1) is 6.00. The van der Waals surface area contributed by atoms with Crippen molar-refractivity contribution in [3.63, 3.8) is 0 Å². The largest absolute Gasteiger partial charge is 0.504 e. The predicted octanol–water partition coefficient (Wildman–Crippen LogP) is 2.19. The molecule has 0 saturated carbocycles. The first-order valence-electron chi connectivity index (χ1n) is 4.20. The van der Waals surface area contributed by atoms with Gasteiger partial charge in [-0.1, -0.05) is 0 Å². The van der Waals surface area contributed by atoms with E-state index in [1.54, 1.807) is 19.1 Å². The minimum atomic E-state index is -0.0699. The molecular formula is C10H14O3. The van der Waals surface area contributed by atoms with Crippen molar-refractivity contribution < 1.29 is 14.9 Å². The van der Waals surface area contributed by atoms with Gasteiger partial charge in [-0.2, -0.15) is 0 Å². The zero-order chi connectivity index (χ0) is 10.0. The number of hydrogen-bond donors (Lipinski definition) is 2. The maximum absolute atomic E-state index is 9.44. The number of aromatic hydroxyl groups is 2. The highest BCUT2D eigenvalue weighted by Crippen LogP contribution is 2.37. The van der Waals surface area contributed by atoms with Crippen LogP contribution in [0.5, 0.6) is 17.2 Å². The summed E-state index contributed by atoms with van der Waals surface area (Å²) in [5.41, 5.74) is 0.797. The van der Waals surface area contributed by atoms with Gasteiger partial charge in [0, 0.05) is 0 Å². The molecule has 0 radical (unpaired) electrons. The van der Waals surface area contributed by atoms with Crippen molar-refractivity contribution in [2.45, 2.75) is 26.9 Å². The molecular weight excluding hydrogens is 168 g/mol. The highest BCUT2D eigenvalue weighted by Gasteiger charge is 2.10. The summed E-state index contributed by atoms with van der Waals surface area (Å²) in [6.07, 6.45) is -0.0699. The lowest BCUT2D eigenvalue weighted by atomic mass is 10.2. The normalized spacial score (nSPS) is 10.5. The molecule has 0 unspecified atom stereocenters. The van der Waals surface area contributed by atoms with Gasteiger partial charge in [-0.3, -0.25) is 0 Å². The van der Waals surface area contributed by atoms with Crippen LogP contribution in [0.3, 0.4) is 0 Å². The molecule has 3 nitrogen and oxygen atoms in total. The zero-order valence-electron chi connectivity index (χ0n) is 8.03. The number of hydrogen-bond acceptors (Lipinski definition) is 3. The number of phenolic OH excluding ortho intramolecular Hbond substituents is 2. The Balaban J connectivity index is 3.06. The van der Waals surface area contributed by atoms with E-state index >= 15 is 0 Å². The highest BCUT2D eigenvalue weighted by atomic mass is 16.5. The molecule has 0 atom stereocenters. The summed E-state index contributed by atoms with van der Waals surface area (Å²) in [4.78, 5) is 0. The van der Waals surface area contributed by atoms with Crippen LogP contribution in [0.15, 0.2) is 12.1 Å². The van der Waals surface area contributed by atoms with Gasteiger partial charge in [0.05, 0.1) is 6.10 Å². The number of benzene rings is 1. The summed E-state index contributed by atoms with van der Waals surface area (Å²) in [6.45, 7) is 5.45. The second-order valence-corrected chi connectivity index (χ2v) is 3.30. The second kappa shape index (κ2) is 3.56. The number of aryl methyl sites for hydroxylation is 1. The van der Waals surface area contributed by atoms with Crippen LogP contribution in [0, 0.1) is 6.92 Å². The molecule has 13 heavy (non-hydrogen) atoms. The van der Waals surface area contributed by atoms with Crippen molar-refractivity contribution in [2.75, 3.05) is 0 Å². The van der Waals surface area contributed by atoms with Gasteiger partial charge in [-0.25, -0.2) is 0 Å². The van der Waals surface area contributed by atoms with Gasteiger partial charge in [0.15, 0.2) is 11.5 Å². The molecule has 2 N–H and O–H groups in total. The Labute approximate surface area is 77.6 Å². The third kappa shape index (κ3) is 2.28. The van der Waals surface area contributed by atoms with Gasteiger partial charge < -0.3 is 14.9 Å². The summed E-state index contributed by atoms with van der Waals surface area (Å²) < 4.78 is 5.23. The van der Waals surface area contributed by atoms with Crippen molar-refractivity contribution in [1.82, 2.24) is 0 Å². The molecule has 0 aliphatic rings. The van der Waals surface area contributed by atoms with E-state index in [4.69, 9.17) is 4.74 Å². The van der Waals surface area contributed by atoms with E-state index in [2.05, 4.69) is 0 Å². The lowest BCUT2D eigenvalue weighted by Gasteiger charge is -2.13. The molecule has 0 amide bonds. The van der Waals surface area contributed by atoms with Gasteiger partial charge in [0.1, 0.15) is 0 Å². The third-order valence-corrected chi connectivity index (χ3v) is 1.55. The summed E-state index contributed by atoms with van der Waals surface area (Å²) in [5.74, 6) is 0.109. The molecule has 0 bridgehead atoms. The molecule has 0 heterocycles. The Hall–Kier alpha value is -1.38. The van der Waals surface area contributed by atoms with Gasteiger partial charge in [-0.15, -0.1) is 0 Å². The topological polar surface area (TPSA) is 49.7 Å². The first-order valence-corrected chi connectivity index (χ1v) is 4.20. The molecule has 3 heteroatoms. The highest BCUT2D eigenvalue weighted by molar-refractivity contribution is 5.51. The van der Waals surface area contributed by atoms with Gasteiger partial charge in [0.25, 0.3) is 0 Å². The van der Waals surface area contributed by atoms with Crippen LogP contribution in [0.1, 0.15) is 19.4 Å². The molecule has 0 aliphatic heterocycles.